The summed E-state index contributed by atoms with van der Waals surface area (Å²) in [5.41, 5.74) is 0. The second kappa shape index (κ2) is 13.6. The van der Waals surface area contributed by atoms with Gasteiger partial charge in [-0.1, -0.05) is 26.8 Å². The summed E-state index contributed by atoms with van der Waals surface area (Å²) in [7, 11) is -9.54. The number of rotatable bonds is 6. The van der Waals surface area contributed by atoms with Gasteiger partial charge in [-0.05, 0) is 43.2 Å². The molecule has 6 N–H and O–H groups in total. The fourth-order valence-corrected chi connectivity index (χ4v) is 3.82. The Balaban J connectivity index is 0. The number of allylic oxidation sites excluding steroid dienone is 2. The first-order chi connectivity index (χ1) is 11.9. The third kappa shape index (κ3) is 11.2. The topological polar surface area (TPSA) is 156 Å². The van der Waals surface area contributed by atoms with Gasteiger partial charge in [0.2, 0.25) is 5.91 Å². The highest BCUT2D eigenvalue weighted by atomic mass is 32.2. The van der Waals surface area contributed by atoms with Crippen LogP contribution in [0.2, 0.25) is 0 Å². The first-order valence-electron chi connectivity index (χ1n) is 7.98. The van der Waals surface area contributed by atoms with Crippen molar-refractivity contribution in [1.29, 1.82) is 0 Å². The van der Waals surface area contributed by atoms with Crippen LogP contribution in [-0.4, -0.2) is 36.9 Å². The Morgan fingerprint density at radius 3 is 1.81 bits per heavy atom. The van der Waals surface area contributed by atoms with E-state index in [0.29, 0.717) is 6.42 Å². The van der Waals surface area contributed by atoms with Crippen molar-refractivity contribution in [2.75, 3.05) is 6.54 Å². The molecule has 0 spiro atoms. The van der Waals surface area contributed by atoms with Crippen molar-refractivity contribution in [3.63, 3.8) is 0 Å². The third-order valence-electron chi connectivity index (χ3n) is 3.31. The highest BCUT2D eigenvalue weighted by Crippen LogP contribution is 2.70. The van der Waals surface area contributed by atoms with Gasteiger partial charge in [-0.15, -0.1) is 0 Å². The van der Waals surface area contributed by atoms with Gasteiger partial charge < -0.3 is 29.6 Å². The molecule has 1 rings (SSSR count). The fourth-order valence-electron chi connectivity index (χ4n) is 1.23. The van der Waals surface area contributed by atoms with E-state index < -0.39 is 20.1 Å². The maximum Gasteiger partial charge on any atom is 0.343 e. The Bertz CT molecular complexity index is 523. The van der Waals surface area contributed by atoms with Crippen molar-refractivity contribution >= 4 is 33.0 Å². The first kappa shape index (κ1) is 27.6. The molecule has 26 heavy (non-hydrogen) atoms. The van der Waals surface area contributed by atoms with Crippen LogP contribution in [0.4, 0.5) is 0 Å². The normalized spacial score (nSPS) is 13.5. The smallest absolute Gasteiger partial charge is 0.343 e. The maximum atomic E-state index is 10.7. The number of carbonyl (C=O) groups excluding carboxylic acids is 1. The van der Waals surface area contributed by atoms with Crippen LogP contribution in [0.25, 0.3) is 0 Å². The summed E-state index contributed by atoms with van der Waals surface area (Å²) in [6.45, 7) is 6.90. The van der Waals surface area contributed by atoms with Crippen molar-refractivity contribution in [2.45, 2.75) is 51.9 Å². The van der Waals surface area contributed by atoms with E-state index in [1.807, 2.05) is 37.6 Å². The molecular formula is C14H30N2O7P2S. The number of carbonyl (C=O) groups is 1. The Hall–Kier alpha value is -0.600. The zero-order valence-electron chi connectivity index (χ0n) is 15.5. The first-order valence-corrected chi connectivity index (χ1v) is 12.1. The van der Waals surface area contributed by atoms with E-state index in [1.54, 1.807) is 11.9 Å². The molecule has 0 bridgehead atoms. The summed E-state index contributed by atoms with van der Waals surface area (Å²) in [4.78, 5) is 43.0. The molecule has 0 aromatic heterocycles. The number of hydrogen-bond donors (Lipinski definition) is 6. The number of amides is 1. The van der Waals surface area contributed by atoms with Gasteiger partial charge in [-0.3, -0.25) is 13.9 Å². The molecule has 154 valence electrons. The molecule has 1 heterocycles. The van der Waals surface area contributed by atoms with Crippen LogP contribution in [0.1, 0.15) is 47.0 Å². The Morgan fingerprint density at radius 1 is 1.12 bits per heavy atom. The maximum absolute atomic E-state index is 10.7. The minimum absolute atomic E-state index is 0.145. The van der Waals surface area contributed by atoms with Gasteiger partial charge in [0.05, 0.1) is 0 Å². The Morgan fingerprint density at radius 2 is 1.65 bits per heavy atom. The molecule has 1 amide bonds. The highest BCUT2D eigenvalue weighted by Gasteiger charge is 2.54. The lowest BCUT2D eigenvalue weighted by atomic mass is 10.4. The fraction of sp³-hybridized carbons (Fsp3) is 0.643. The van der Waals surface area contributed by atoms with Crippen molar-refractivity contribution in [2.24, 2.45) is 0 Å². The van der Waals surface area contributed by atoms with Gasteiger partial charge in [-0.25, -0.2) is 0 Å². The van der Waals surface area contributed by atoms with Crippen molar-refractivity contribution in [3.05, 3.63) is 23.8 Å². The van der Waals surface area contributed by atoms with E-state index in [-0.39, 0.29) is 12.3 Å². The van der Waals surface area contributed by atoms with Crippen LogP contribution in [0, 0.1) is 0 Å². The van der Waals surface area contributed by atoms with Gasteiger partial charge >= 0.3 is 15.2 Å². The largest absolute Gasteiger partial charge is 0.356 e. The monoisotopic (exact) mass is 432 g/mol. The predicted octanol–water partition coefficient (Wildman–Crippen LogP) is 2.66. The van der Waals surface area contributed by atoms with Gasteiger partial charge in [0, 0.05) is 19.2 Å². The molecule has 9 nitrogen and oxygen atoms in total. The molecule has 0 saturated heterocycles. The standard InChI is InChI=1S/C6H13NO.C4H5NS.C4H12O6P2/c1-3-5-7-6(8)4-2;1-2-4-6-5-3-1;1-3-4(2,11(5,6)7)12(8,9)10/h3-5H2,1-2H3,(H,7,8);1-5H;3H2,1-2H3,(H2,5,6,7)(H2,8,9,10). The minimum atomic E-state index is -4.77. The molecule has 1 aliphatic rings. The Kier molecular flexibility index (Phi) is 14.4. The second-order valence-corrected chi connectivity index (χ2v) is 10.5. The average molecular weight is 432 g/mol. The van der Waals surface area contributed by atoms with Gasteiger partial charge in [0.25, 0.3) is 0 Å². The minimum Gasteiger partial charge on any atom is -0.356 e. The Labute approximate surface area is 159 Å². The molecule has 1 aliphatic heterocycles. The molecule has 0 aliphatic carbocycles. The molecular weight excluding hydrogens is 402 g/mol. The van der Waals surface area contributed by atoms with E-state index in [2.05, 4.69) is 10.0 Å². The molecule has 0 atom stereocenters. The predicted molar refractivity (Wildman–Crippen MR) is 105 cm³/mol. The molecule has 12 heteroatoms. The van der Waals surface area contributed by atoms with E-state index in [1.165, 1.54) is 6.92 Å². The number of nitrogens with one attached hydrogen (secondary N) is 2. The van der Waals surface area contributed by atoms with E-state index >= 15 is 0 Å². The summed E-state index contributed by atoms with van der Waals surface area (Å²) in [6, 6.07) is 0. The lowest BCUT2D eigenvalue weighted by Gasteiger charge is -2.29. The van der Waals surface area contributed by atoms with E-state index in [0.717, 1.165) is 19.9 Å². The summed E-state index contributed by atoms with van der Waals surface area (Å²) >= 11 is 1.58. The second-order valence-electron chi connectivity index (χ2n) is 5.29. The zero-order chi connectivity index (χ0) is 20.9. The average Bonchev–Trinajstić information content (AvgIpc) is 2.59. The van der Waals surface area contributed by atoms with Gasteiger partial charge in [0.15, 0.2) is 4.90 Å². The van der Waals surface area contributed by atoms with Crippen LogP contribution in [0.15, 0.2) is 23.8 Å². The van der Waals surface area contributed by atoms with Crippen LogP contribution < -0.4 is 10.0 Å². The van der Waals surface area contributed by atoms with Gasteiger partial charge in [0.1, 0.15) is 0 Å². The molecule has 0 fully saturated rings. The van der Waals surface area contributed by atoms with E-state index in [9.17, 15) is 13.9 Å². The third-order valence-corrected chi connectivity index (χ3v) is 8.58. The molecule has 0 aromatic rings. The van der Waals surface area contributed by atoms with Crippen molar-refractivity contribution < 1.29 is 33.5 Å². The van der Waals surface area contributed by atoms with Crippen molar-refractivity contribution in [3.8, 4) is 0 Å². The lowest BCUT2D eigenvalue weighted by Crippen LogP contribution is -2.23. The summed E-state index contributed by atoms with van der Waals surface area (Å²) in [5, 5.41) is 4.73. The quantitative estimate of drug-likeness (QED) is 0.274. The lowest BCUT2D eigenvalue weighted by molar-refractivity contribution is -0.120. The van der Waals surface area contributed by atoms with Crippen LogP contribution in [0.3, 0.4) is 0 Å². The van der Waals surface area contributed by atoms with Crippen molar-refractivity contribution in [1.82, 2.24) is 10.0 Å². The zero-order valence-corrected chi connectivity index (χ0v) is 18.1. The number of hydrogen-bond acceptors (Lipinski definition) is 5. The summed E-state index contributed by atoms with van der Waals surface area (Å²) < 4.78 is 24.4. The molecule has 0 radical (unpaired) electrons. The van der Waals surface area contributed by atoms with Crippen LogP contribution in [0.5, 0.6) is 0 Å². The van der Waals surface area contributed by atoms with Gasteiger partial charge in [-0.2, -0.15) is 0 Å². The molecule has 0 saturated carbocycles. The van der Waals surface area contributed by atoms with Crippen LogP contribution >= 0.6 is 27.1 Å². The summed E-state index contributed by atoms with van der Waals surface area (Å²) in [6.07, 6.45) is 7.18. The van der Waals surface area contributed by atoms with E-state index in [4.69, 9.17) is 19.6 Å². The summed E-state index contributed by atoms with van der Waals surface area (Å²) in [5.74, 6) is 0.145. The molecule has 0 unspecified atom stereocenters. The molecule has 0 aromatic carbocycles. The highest BCUT2D eigenvalue weighted by molar-refractivity contribution is 8.00. The SMILES string of the molecule is C1=CNSC=C1.CCC(C)(P(=O)(O)O)P(=O)(O)O.CCCNC(=O)CC. The van der Waals surface area contributed by atoms with Crippen LogP contribution in [-0.2, 0) is 13.9 Å².